The number of benzene rings is 1. The maximum atomic E-state index is 12.1. The third-order valence-electron chi connectivity index (χ3n) is 3.62. The lowest BCUT2D eigenvalue weighted by atomic mass is 10.1. The van der Waals surface area contributed by atoms with Crippen LogP contribution in [0, 0.1) is 5.92 Å². The Balaban J connectivity index is 1.57. The number of sulfonamides is 1. The van der Waals surface area contributed by atoms with Gasteiger partial charge in [0.2, 0.25) is 5.91 Å². The van der Waals surface area contributed by atoms with Crippen LogP contribution < -0.4 is 10.0 Å². The second-order valence-electron chi connectivity index (χ2n) is 5.66. The first kappa shape index (κ1) is 16.0. The van der Waals surface area contributed by atoms with Gasteiger partial charge in [-0.25, -0.2) is 8.42 Å². The van der Waals surface area contributed by atoms with Gasteiger partial charge in [-0.15, -0.1) is 11.3 Å². The molecule has 1 heterocycles. The largest absolute Gasteiger partial charge is 0.356 e. The third-order valence-corrected chi connectivity index (χ3v) is 6.39. The molecule has 1 aromatic carbocycles. The number of hydrogen-bond donors (Lipinski definition) is 2. The molecular formula is C16H18N2O3S2. The van der Waals surface area contributed by atoms with Crippen molar-refractivity contribution in [1.29, 1.82) is 0 Å². The topological polar surface area (TPSA) is 75.3 Å². The number of anilines is 1. The Morgan fingerprint density at radius 1 is 1.17 bits per heavy atom. The van der Waals surface area contributed by atoms with Gasteiger partial charge in [-0.2, -0.15) is 0 Å². The first-order valence-corrected chi connectivity index (χ1v) is 9.81. The predicted octanol–water partition coefficient (Wildman–Crippen LogP) is 2.62. The summed E-state index contributed by atoms with van der Waals surface area (Å²) in [5, 5.41) is 4.64. The fraction of sp³-hybridized carbons (Fsp3) is 0.312. The summed E-state index contributed by atoms with van der Waals surface area (Å²) >= 11 is 1.17. The molecule has 122 valence electrons. The van der Waals surface area contributed by atoms with Gasteiger partial charge >= 0.3 is 0 Å². The van der Waals surface area contributed by atoms with E-state index in [0.29, 0.717) is 18.0 Å². The quantitative estimate of drug-likeness (QED) is 0.806. The van der Waals surface area contributed by atoms with Gasteiger partial charge in [0.15, 0.2) is 0 Å². The average molecular weight is 350 g/mol. The minimum absolute atomic E-state index is 0.00353. The van der Waals surface area contributed by atoms with E-state index in [-0.39, 0.29) is 10.1 Å². The van der Waals surface area contributed by atoms with Crippen LogP contribution in [0.3, 0.4) is 0 Å². The molecule has 1 aliphatic carbocycles. The first-order chi connectivity index (χ1) is 11.0. The van der Waals surface area contributed by atoms with Crippen LogP contribution in [0.4, 0.5) is 5.69 Å². The summed E-state index contributed by atoms with van der Waals surface area (Å²) in [4.78, 5) is 11.8. The average Bonchev–Trinajstić information content (AvgIpc) is 3.17. The van der Waals surface area contributed by atoms with Crippen LogP contribution in [0.1, 0.15) is 18.4 Å². The highest BCUT2D eigenvalue weighted by atomic mass is 32.2. The van der Waals surface area contributed by atoms with Crippen molar-refractivity contribution >= 4 is 33.0 Å². The molecule has 1 aromatic heterocycles. The molecule has 1 amide bonds. The van der Waals surface area contributed by atoms with E-state index in [9.17, 15) is 13.2 Å². The van der Waals surface area contributed by atoms with Crippen molar-refractivity contribution in [2.45, 2.75) is 23.5 Å². The molecule has 23 heavy (non-hydrogen) atoms. The molecule has 1 saturated carbocycles. The molecule has 0 atom stereocenters. The third kappa shape index (κ3) is 4.56. The minimum Gasteiger partial charge on any atom is -0.356 e. The Bertz CT molecular complexity index is 764. The van der Waals surface area contributed by atoms with Crippen LogP contribution in [-0.4, -0.2) is 20.9 Å². The molecule has 1 fully saturated rings. The van der Waals surface area contributed by atoms with Gasteiger partial charge in [-0.05, 0) is 47.9 Å². The lowest BCUT2D eigenvalue weighted by Gasteiger charge is -2.08. The highest BCUT2D eigenvalue weighted by molar-refractivity contribution is 7.94. The monoisotopic (exact) mass is 350 g/mol. The van der Waals surface area contributed by atoms with E-state index >= 15 is 0 Å². The Kier molecular flexibility index (Phi) is 4.68. The standard InChI is InChI=1S/C16H18N2O3S2/c19-15(17-11-13-3-4-13)10-12-5-7-14(8-6-12)18-23(20,21)16-2-1-9-22-16/h1-2,5-9,13,18H,3-4,10-11H2,(H,17,19). The van der Waals surface area contributed by atoms with Gasteiger partial charge < -0.3 is 5.32 Å². The van der Waals surface area contributed by atoms with Crippen molar-refractivity contribution in [3.8, 4) is 0 Å². The Hall–Kier alpha value is -1.86. The van der Waals surface area contributed by atoms with Crippen LogP contribution in [-0.2, 0) is 21.2 Å². The van der Waals surface area contributed by atoms with Crippen molar-refractivity contribution in [1.82, 2.24) is 5.32 Å². The molecule has 2 N–H and O–H groups in total. The van der Waals surface area contributed by atoms with Crippen molar-refractivity contribution < 1.29 is 13.2 Å². The van der Waals surface area contributed by atoms with Crippen molar-refractivity contribution in [2.24, 2.45) is 5.92 Å². The van der Waals surface area contributed by atoms with Gasteiger partial charge in [0, 0.05) is 12.2 Å². The van der Waals surface area contributed by atoms with Gasteiger partial charge in [-0.3, -0.25) is 9.52 Å². The van der Waals surface area contributed by atoms with Crippen LogP contribution in [0.15, 0.2) is 46.0 Å². The summed E-state index contributed by atoms with van der Waals surface area (Å²) in [6.45, 7) is 0.761. The number of nitrogens with one attached hydrogen (secondary N) is 2. The smallest absolute Gasteiger partial charge is 0.271 e. The number of rotatable bonds is 7. The summed E-state index contributed by atoms with van der Waals surface area (Å²) in [6.07, 6.45) is 2.73. The highest BCUT2D eigenvalue weighted by Gasteiger charge is 2.21. The molecule has 0 aliphatic heterocycles. The van der Waals surface area contributed by atoms with Crippen LogP contribution >= 0.6 is 11.3 Å². The van der Waals surface area contributed by atoms with E-state index in [1.165, 1.54) is 24.2 Å². The Morgan fingerprint density at radius 3 is 2.52 bits per heavy atom. The lowest BCUT2D eigenvalue weighted by molar-refractivity contribution is -0.120. The normalized spacial score (nSPS) is 14.4. The van der Waals surface area contributed by atoms with E-state index < -0.39 is 10.0 Å². The van der Waals surface area contributed by atoms with Crippen molar-refractivity contribution in [2.75, 3.05) is 11.3 Å². The fourth-order valence-electron chi connectivity index (χ4n) is 2.14. The number of carbonyl (C=O) groups is 1. The molecule has 2 aromatic rings. The number of thiophene rings is 1. The summed E-state index contributed by atoms with van der Waals surface area (Å²) < 4.78 is 27.0. The minimum atomic E-state index is -3.53. The molecule has 0 radical (unpaired) electrons. The van der Waals surface area contributed by atoms with E-state index in [1.807, 2.05) is 0 Å². The van der Waals surface area contributed by atoms with E-state index in [2.05, 4.69) is 10.0 Å². The zero-order chi connectivity index (χ0) is 16.3. The van der Waals surface area contributed by atoms with E-state index in [4.69, 9.17) is 0 Å². The number of amides is 1. The summed E-state index contributed by atoms with van der Waals surface area (Å²) in [5.74, 6) is 0.664. The van der Waals surface area contributed by atoms with E-state index in [1.54, 1.807) is 41.8 Å². The zero-order valence-electron chi connectivity index (χ0n) is 12.5. The zero-order valence-corrected chi connectivity index (χ0v) is 14.1. The molecule has 1 aliphatic rings. The second-order valence-corrected chi connectivity index (χ2v) is 8.52. The molecule has 0 saturated heterocycles. The number of carbonyl (C=O) groups excluding carboxylic acids is 1. The summed E-state index contributed by atoms with van der Waals surface area (Å²) in [6, 6.07) is 10.1. The summed E-state index contributed by atoms with van der Waals surface area (Å²) in [5.41, 5.74) is 1.35. The van der Waals surface area contributed by atoms with Crippen LogP contribution in [0.2, 0.25) is 0 Å². The first-order valence-electron chi connectivity index (χ1n) is 7.45. The Morgan fingerprint density at radius 2 is 1.91 bits per heavy atom. The van der Waals surface area contributed by atoms with Crippen molar-refractivity contribution in [3.63, 3.8) is 0 Å². The molecule has 7 heteroatoms. The lowest BCUT2D eigenvalue weighted by Crippen LogP contribution is -2.27. The fourth-order valence-corrected chi connectivity index (χ4v) is 4.19. The second kappa shape index (κ2) is 6.72. The molecule has 0 bridgehead atoms. The summed E-state index contributed by atoms with van der Waals surface area (Å²) in [7, 11) is -3.53. The predicted molar refractivity (Wildman–Crippen MR) is 91.0 cm³/mol. The maximum absolute atomic E-state index is 12.1. The molecule has 0 unspecified atom stereocenters. The highest BCUT2D eigenvalue weighted by Crippen LogP contribution is 2.27. The Labute approximate surface area is 139 Å². The van der Waals surface area contributed by atoms with Crippen LogP contribution in [0.25, 0.3) is 0 Å². The number of hydrogen-bond acceptors (Lipinski definition) is 4. The maximum Gasteiger partial charge on any atom is 0.271 e. The molecule has 3 rings (SSSR count). The van der Waals surface area contributed by atoms with E-state index in [0.717, 1.165) is 12.1 Å². The van der Waals surface area contributed by atoms with Gasteiger partial charge in [0.1, 0.15) is 4.21 Å². The molecule has 0 spiro atoms. The van der Waals surface area contributed by atoms with Gasteiger partial charge in [0.25, 0.3) is 10.0 Å². The molecule has 5 nitrogen and oxygen atoms in total. The molecular weight excluding hydrogens is 332 g/mol. The van der Waals surface area contributed by atoms with Gasteiger partial charge in [0.05, 0.1) is 6.42 Å². The SMILES string of the molecule is O=C(Cc1ccc(NS(=O)(=O)c2cccs2)cc1)NCC1CC1. The van der Waals surface area contributed by atoms with Crippen LogP contribution in [0.5, 0.6) is 0 Å². The van der Waals surface area contributed by atoms with Crippen molar-refractivity contribution in [3.05, 3.63) is 47.3 Å². The van der Waals surface area contributed by atoms with Gasteiger partial charge in [-0.1, -0.05) is 18.2 Å².